The first-order chi connectivity index (χ1) is 10.3. The van der Waals surface area contributed by atoms with Gasteiger partial charge in [-0.05, 0) is 0 Å². The van der Waals surface area contributed by atoms with Gasteiger partial charge in [-0.2, -0.15) is 0 Å². The molecule has 2 heteroatoms. The summed E-state index contributed by atoms with van der Waals surface area (Å²) in [6.07, 6.45) is 0. The van der Waals surface area contributed by atoms with Crippen molar-refractivity contribution >= 4 is 30.2 Å². The van der Waals surface area contributed by atoms with E-state index in [9.17, 15) is 0 Å². The van der Waals surface area contributed by atoms with Gasteiger partial charge in [0.2, 0.25) is 0 Å². The molecule has 0 amide bonds. The zero-order valence-electron chi connectivity index (χ0n) is 11.7. The van der Waals surface area contributed by atoms with Crippen molar-refractivity contribution in [2.45, 2.75) is 0 Å². The normalized spacial score (nSPS) is 9.95. The standard InChI is InChI=1S/C19H14OSe/c1-20-18-10-9-16-13-15(7-8-17(16)14-18)11-12-21-19-5-3-2-4-6-19/h2-10,13-14H,1H3. The predicted molar refractivity (Wildman–Crippen MR) is 89.2 cm³/mol. The molecule has 0 aliphatic rings. The van der Waals surface area contributed by atoms with Crippen LogP contribution in [0.1, 0.15) is 5.56 Å². The van der Waals surface area contributed by atoms with E-state index < -0.39 is 0 Å². The van der Waals surface area contributed by atoms with E-state index in [-0.39, 0.29) is 15.0 Å². The van der Waals surface area contributed by atoms with Gasteiger partial charge in [-0.25, -0.2) is 0 Å². The molecule has 0 saturated heterocycles. The number of hydrogen-bond acceptors (Lipinski definition) is 1. The molecule has 0 radical (unpaired) electrons. The topological polar surface area (TPSA) is 9.23 Å². The van der Waals surface area contributed by atoms with Crippen molar-refractivity contribution in [1.29, 1.82) is 0 Å². The fraction of sp³-hybridized carbons (Fsp3) is 0.0526. The Bertz CT molecular complexity index is 813. The molecular weight excluding hydrogens is 323 g/mol. The monoisotopic (exact) mass is 338 g/mol. The summed E-state index contributed by atoms with van der Waals surface area (Å²) in [7, 11) is 1.69. The van der Waals surface area contributed by atoms with Crippen LogP contribution in [0.3, 0.4) is 0 Å². The second kappa shape index (κ2) is 6.50. The van der Waals surface area contributed by atoms with Crippen molar-refractivity contribution in [1.82, 2.24) is 0 Å². The van der Waals surface area contributed by atoms with Crippen LogP contribution in [0.5, 0.6) is 5.75 Å². The fourth-order valence-electron chi connectivity index (χ4n) is 2.06. The Morgan fingerprint density at radius 2 is 1.62 bits per heavy atom. The van der Waals surface area contributed by atoms with E-state index in [1.54, 1.807) is 7.11 Å². The zero-order valence-corrected chi connectivity index (χ0v) is 13.4. The molecule has 0 bridgehead atoms. The Morgan fingerprint density at radius 3 is 2.43 bits per heavy atom. The molecule has 0 fully saturated rings. The summed E-state index contributed by atoms with van der Waals surface area (Å²) in [6.45, 7) is 0. The van der Waals surface area contributed by atoms with Gasteiger partial charge in [0.05, 0.1) is 0 Å². The molecule has 0 aliphatic heterocycles. The number of ether oxygens (including phenoxy) is 1. The molecule has 0 atom stereocenters. The van der Waals surface area contributed by atoms with Crippen molar-refractivity contribution in [3.8, 4) is 16.5 Å². The Morgan fingerprint density at radius 1 is 0.857 bits per heavy atom. The molecule has 3 aromatic rings. The van der Waals surface area contributed by atoms with Crippen molar-refractivity contribution in [2.75, 3.05) is 7.11 Å². The zero-order chi connectivity index (χ0) is 14.5. The van der Waals surface area contributed by atoms with Gasteiger partial charge in [-0.1, -0.05) is 0 Å². The van der Waals surface area contributed by atoms with E-state index in [0.29, 0.717) is 0 Å². The van der Waals surface area contributed by atoms with E-state index in [4.69, 9.17) is 4.74 Å². The molecule has 0 aromatic heterocycles. The molecule has 0 saturated carbocycles. The van der Waals surface area contributed by atoms with Gasteiger partial charge in [-0.3, -0.25) is 0 Å². The van der Waals surface area contributed by atoms with E-state index in [2.05, 4.69) is 59.3 Å². The SMILES string of the molecule is COc1ccc2cc(C#C[Se]c3ccccc3)ccc2c1. The van der Waals surface area contributed by atoms with E-state index in [1.807, 2.05) is 18.2 Å². The summed E-state index contributed by atoms with van der Waals surface area (Å²) in [4.78, 5) is 3.29. The van der Waals surface area contributed by atoms with Crippen molar-refractivity contribution in [3.63, 3.8) is 0 Å². The number of fused-ring (bicyclic) bond motifs is 1. The fourth-order valence-corrected chi connectivity index (χ4v) is 3.28. The van der Waals surface area contributed by atoms with Gasteiger partial charge < -0.3 is 0 Å². The van der Waals surface area contributed by atoms with Crippen LogP contribution in [0.15, 0.2) is 66.7 Å². The van der Waals surface area contributed by atoms with Crippen LogP contribution in [0.2, 0.25) is 0 Å². The van der Waals surface area contributed by atoms with Gasteiger partial charge in [0, 0.05) is 0 Å². The van der Waals surface area contributed by atoms with Crippen LogP contribution in [0.25, 0.3) is 10.8 Å². The Hall–Kier alpha value is -2.20. The van der Waals surface area contributed by atoms with E-state index in [0.717, 1.165) is 11.3 Å². The maximum absolute atomic E-state index is 5.24. The number of hydrogen-bond donors (Lipinski definition) is 0. The molecule has 3 aromatic carbocycles. The van der Waals surface area contributed by atoms with Gasteiger partial charge in [0.25, 0.3) is 0 Å². The summed E-state index contributed by atoms with van der Waals surface area (Å²) in [5, 5.41) is 2.36. The van der Waals surface area contributed by atoms with Crippen LogP contribution in [0.4, 0.5) is 0 Å². The van der Waals surface area contributed by atoms with Crippen LogP contribution < -0.4 is 9.20 Å². The molecule has 0 heterocycles. The number of rotatable bonds is 2. The first kappa shape index (κ1) is 13.8. The van der Waals surface area contributed by atoms with Crippen molar-refractivity contribution < 1.29 is 4.74 Å². The molecule has 0 unspecified atom stereocenters. The summed E-state index contributed by atoms with van der Waals surface area (Å²) >= 11 is 0.204. The third-order valence-corrected chi connectivity index (χ3v) is 4.65. The van der Waals surface area contributed by atoms with Crippen LogP contribution in [-0.2, 0) is 0 Å². The average molecular weight is 337 g/mol. The summed E-state index contributed by atoms with van der Waals surface area (Å²) < 4.78 is 6.55. The molecule has 102 valence electrons. The Balaban J connectivity index is 1.82. The second-order valence-electron chi connectivity index (χ2n) is 4.57. The minimum absolute atomic E-state index is 0.204. The van der Waals surface area contributed by atoms with Crippen LogP contribution >= 0.6 is 0 Å². The van der Waals surface area contributed by atoms with E-state index >= 15 is 0 Å². The van der Waals surface area contributed by atoms with Crippen LogP contribution in [0, 0.1) is 10.7 Å². The molecule has 0 aliphatic carbocycles. The van der Waals surface area contributed by atoms with E-state index in [1.165, 1.54) is 15.2 Å². The molecule has 0 spiro atoms. The average Bonchev–Trinajstić information content (AvgIpc) is 2.55. The molecule has 21 heavy (non-hydrogen) atoms. The summed E-state index contributed by atoms with van der Waals surface area (Å²) in [5.41, 5.74) is 1.06. The molecule has 0 N–H and O–H groups in total. The Kier molecular flexibility index (Phi) is 4.26. The number of methoxy groups -OCH3 is 1. The van der Waals surface area contributed by atoms with Gasteiger partial charge >= 0.3 is 131 Å². The molecular formula is C19H14OSe. The first-order valence-electron chi connectivity index (χ1n) is 6.66. The summed E-state index contributed by atoms with van der Waals surface area (Å²) in [5.74, 6) is 4.14. The quantitative estimate of drug-likeness (QED) is 0.516. The molecule has 3 rings (SSSR count). The predicted octanol–water partition coefficient (Wildman–Crippen LogP) is 3.19. The number of benzene rings is 3. The van der Waals surface area contributed by atoms with Crippen molar-refractivity contribution in [3.05, 3.63) is 72.3 Å². The van der Waals surface area contributed by atoms with Gasteiger partial charge in [0.1, 0.15) is 0 Å². The van der Waals surface area contributed by atoms with Crippen molar-refractivity contribution in [2.24, 2.45) is 0 Å². The molecule has 1 nitrogen and oxygen atoms in total. The maximum atomic E-state index is 5.24. The minimum atomic E-state index is 0.204. The summed E-state index contributed by atoms with van der Waals surface area (Å²) in [6, 6.07) is 22.8. The first-order valence-corrected chi connectivity index (χ1v) is 8.37. The second-order valence-corrected chi connectivity index (χ2v) is 6.42. The Labute approximate surface area is 131 Å². The van der Waals surface area contributed by atoms with Crippen LogP contribution in [-0.4, -0.2) is 22.1 Å². The third kappa shape index (κ3) is 3.47. The van der Waals surface area contributed by atoms with Gasteiger partial charge in [0.15, 0.2) is 0 Å². The van der Waals surface area contributed by atoms with Gasteiger partial charge in [-0.15, -0.1) is 0 Å². The third-order valence-electron chi connectivity index (χ3n) is 3.15.